The van der Waals surface area contributed by atoms with Crippen LogP contribution < -0.4 is 5.56 Å². The Labute approximate surface area is 197 Å². The Bertz CT molecular complexity index is 1390. The molecule has 10 heteroatoms. The average Bonchev–Trinajstić information content (AvgIpc) is 3.35. The molecular weight excluding hydrogens is 468 g/mol. The Balaban J connectivity index is 1.78. The number of benzene rings is 1. The Kier molecular flexibility index (Phi) is 5.73. The van der Waals surface area contributed by atoms with Crippen molar-refractivity contribution in [1.82, 2.24) is 19.2 Å². The third-order valence-electron chi connectivity index (χ3n) is 5.63. The number of hydrogen-bond acceptors (Lipinski definition) is 7. The second-order valence-electron chi connectivity index (χ2n) is 7.86. The number of esters is 1. The van der Waals surface area contributed by atoms with Crippen molar-refractivity contribution >= 4 is 56.7 Å². The Morgan fingerprint density at radius 3 is 2.84 bits per heavy atom. The van der Waals surface area contributed by atoms with E-state index in [9.17, 15) is 9.59 Å². The average molecular weight is 489 g/mol. The maximum atomic E-state index is 13.8. The van der Waals surface area contributed by atoms with Crippen LogP contribution in [0, 0.1) is 5.92 Å². The molecule has 0 fully saturated rings. The van der Waals surface area contributed by atoms with Crippen LogP contribution in [0.25, 0.3) is 21.7 Å². The molecule has 32 heavy (non-hydrogen) atoms. The Hall–Kier alpha value is -2.36. The lowest BCUT2D eigenvalue weighted by Crippen LogP contribution is -2.22. The SMILES string of the molecule is CCOC(=O)CSc1nnc2n(-c3ccc(Cl)cc3)c(=O)c3c4c(sc3n12)CCC(C)C4. The van der Waals surface area contributed by atoms with E-state index in [1.807, 2.05) is 4.40 Å². The molecule has 0 aliphatic heterocycles. The molecule has 1 atom stereocenters. The summed E-state index contributed by atoms with van der Waals surface area (Å²) in [4.78, 5) is 27.8. The number of carbonyl (C=O) groups is 1. The summed E-state index contributed by atoms with van der Waals surface area (Å²) >= 11 is 8.98. The lowest BCUT2D eigenvalue weighted by molar-refractivity contribution is -0.139. The van der Waals surface area contributed by atoms with Gasteiger partial charge in [-0.15, -0.1) is 21.5 Å². The van der Waals surface area contributed by atoms with Crippen molar-refractivity contribution in [2.75, 3.05) is 12.4 Å². The molecule has 0 bridgehead atoms. The summed E-state index contributed by atoms with van der Waals surface area (Å²) in [5.74, 6) is 0.759. The van der Waals surface area contributed by atoms with Crippen molar-refractivity contribution in [2.24, 2.45) is 5.92 Å². The number of aryl methyl sites for hydroxylation is 1. The van der Waals surface area contributed by atoms with Crippen LogP contribution in [0.5, 0.6) is 0 Å². The number of hydrogen-bond donors (Lipinski definition) is 0. The second kappa shape index (κ2) is 8.53. The highest BCUT2D eigenvalue weighted by atomic mass is 35.5. The van der Waals surface area contributed by atoms with Gasteiger partial charge in [0.05, 0.1) is 23.4 Å². The zero-order valence-electron chi connectivity index (χ0n) is 17.6. The van der Waals surface area contributed by atoms with Gasteiger partial charge in [-0.2, -0.15) is 0 Å². The molecular formula is C22H21ClN4O3S2. The van der Waals surface area contributed by atoms with E-state index in [0.29, 0.717) is 34.2 Å². The summed E-state index contributed by atoms with van der Waals surface area (Å²) in [5.41, 5.74) is 1.70. The van der Waals surface area contributed by atoms with Gasteiger partial charge in [-0.05, 0) is 61.9 Å². The minimum atomic E-state index is -0.309. The predicted molar refractivity (Wildman–Crippen MR) is 128 cm³/mol. The molecule has 1 unspecified atom stereocenters. The van der Waals surface area contributed by atoms with E-state index in [1.54, 1.807) is 47.1 Å². The molecule has 1 aromatic carbocycles. The van der Waals surface area contributed by atoms with Crippen LogP contribution in [-0.2, 0) is 22.4 Å². The smallest absolute Gasteiger partial charge is 0.316 e. The van der Waals surface area contributed by atoms with Gasteiger partial charge >= 0.3 is 5.97 Å². The largest absolute Gasteiger partial charge is 0.465 e. The van der Waals surface area contributed by atoms with E-state index in [2.05, 4.69) is 17.1 Å². The van der Waals surface area contributed by atoms with Crippen molar-refractivity contribution in [3.63, 3.8) is 0 Å². The number of rotatable bonds is 5. The number of carbonyl (C=O) groups excluding carboxylic acids is 1. The highest BCUT2D eigenvalue weighted by Gasteiger charge is 2.27. The summed E-state index contributed by atoms with van der Waals surface area (Å²) in [5, 5.41) is 10.6. The fourth-order valence-corrected chi connectivity index (χ4v) is 6.40. The van der Waals surface area contributed by atoms with Crippen LogP contribution in [0.4, 0.5) is 0 Å². The van der Waals surface area contributed by atoms with Crippen LogP contribution in [-0.4, -0.2) is 37.5 Å². The second-order valence-corrected chi connectivity index (χ2v) is 10.3. The summed E-state index contributed by atoms with van der Waals surface area (Å²) in [6.07, 6.45) is 2.95. The zero-order valence-corrected chi connectivity index (χ0v) is 20.0. The molecule has 166 valence electrons. The van der Waals surface area contributed by atoms with Crippen LogP contribution in [0.15, 0.2) is 34.2 Å². The van der Waals surface area contributed by atoms with E-state index in [4.69, 9.17) is 16.3 Å². The van der Waals surface area contributed by atoms with E-state index in [-0.39, 0.29) is 17.3 Å². The van der Waals surface area contributed by atoms with Gasteiger partial charge in [-0.3, -0.25) is 9.59 Å². The third-order valence-corrected chi connectivity index (χ3v) is 8.07. The number of fused-ring (bicyclic) bond motifs is 5. The zero-order chi connectivity index (χ0) is 22.4. The minimum absolute atomic E-state index is 0.101. The number of ether oxygens (including phenoxy) is 1. The van der Waals surface area contributed by atoms with Crippen molar-refractivity contribution in [3.8, 4) is 5.69 Å². The Morgan fingerprint density at radius 1 is 1.31 bits per heavy atom. The molecule has 1 aliphatic carbocycles. The number of aromatic nitrogens is 4. The van der Waals surface area contributed by atoms with Crippen LogP contribution >= 0.6 is 34.7 Å². The highest BCUT2D eigenvalue weighted by Crippen LogP contribution is 2.38. The Morgan fingerprint density at radius 2 is 2.09 bits per heavy atom. The monoisotopic (exact) mass is 488 g/mol. The molecule has 0 N–H and O–H groups in total. The fourth-order valence-electron chi connectivity index (χ4n) is 4.15. The van der Waals surface area contributed by atoms with E-state index < -0.39 is 0 Å². The first-order valence-corrected chi connectivity index (χ1v) is 12.6. The van der Waals surface area contributed by atoms with Gasteiger partial charge in [0, 0.05) is 9.90 Å². The minimum Gasteiger partial charge on any atom is -0.465 e. The van der Waals surface area contributed by atoms with Crippen LogP contribution in [0.2, 0.25) is 5.02 Å². The molecule has 0 saturated heterocycles. The van der Waals surface area contributed by atoms with Crippen molar-refractivity contribution in [1.29, 1.82) is 0 Å². The lowest BCUT2D eigenvalue weighted by Gasteiger charge is -2.18. The van der Waals surface area contributed by atoms with E-state index in [0.717, 1.165) is 35.0 Å². The molecule has 0 saturated carbocycles. The van der Waals surface area contributed by atoms with Crippen LogP contribution in [0.1, 0.15) is 30.7 Å². The maximum Gasteiger partial charge on any atom is 0.316 e. The standard InChI is InChI=1S/C22H21ClN4O3S2/c1-3-30-17(28)11-31-22-25-24-21-26(14-7-5-13(23)6-8-14)19(29)18-15-10-12(2)4-9-16(15)32-20(18)27(21)22/h5-8,12H,3-4,9-11H2,1-2H3. The maximum absolute atomic E-state index is 13.8. The summed E-state index contributed by atoms with van der Waals surface area (Å²) in [6, 6.07) is 7.11. The van der Waals surface area contributed by atoms with Crippen molar-refractivity contribution in [3.05, 3.63) is 50.1 Å². The van der Waals surface area contributed by atoms with Gasteiger partial charge in [-0.25, -0.2) is 8.97 Å². The van der Waals surface area contributed by atoms with Crippen molar-refractivity contribution < 1.29 is 9.53 Å². The first kappa shape index (κ1) is 21.5. The first-order chi connectivity index (χ1) is 15.5. The van der Waals surface area contributed by atoms with Crippen LogP contribution in [0.3, 0.4) is 0 Å². The molecule has 4 aromatic rings. The highest BCUT2D eigenvalue weighted by molar-refractivity contribution is 7.99. The molecule has 5 rings (SSSR count). The molecule has 3 aromatic heterocycles. The summed E-state index contributed by atoms with van der Waals surface area (Å²) in [7, 11) is 0. The quantitative estimate of drug-likeness (QED) is 0.303. The third kappa shape index (κ3) is 3.62. The molecule has 0 amide bonds. The van der Waals surface area contributed by atoms with Crippen molar-refractivity contribution in [2.45, 2.75) is 38.3 Å². The predicted octanol–water partition coefficient (Wildman–Crippen LogP) is 4.53. The number of halogens is 1. The first-order valence-electron chi connectivity index (χ1n) is 10.5. The van der Waals surface area contributed by atoms with Gasteiger partial charge in [0.15, 0.2) is 5.16 Å². The molecule has 7 nitrogen and oxygen atoms in total. The number of thiophene rings is 1. The van der Waals surface area contributed by atoms with Gasteiger partial charge in [0.1, 0.15) is 4.83 Å². The lowest BCUT2D eigenvalue weighted by atomic mass is 9.89. The number of nitrogens with zero attached hydrogens (tertiary/aromatic N) is 4. The molecule has 0 spiro atoms. The molecule has 1 aliphatic rings. The van der Waals surface area contributed by atoms with E-state index >= 15 is 0 Å². The molecule has 0 radical (unpaired) electrons. The van der Waals surface area contributed by atoms with Gasteiger partial charge in [0.2, 0.25) is 5.78 Å². The topological polar surface area (TPSA) is 78.5 Å². The number of thioether (sulfide) groups is 1. The van der Waals surface area contributed by atoms with E-state index in [1.165, 1.54) is 16.6 Å². The normalized spacial score (nSPS) is 15.9. The summed E-state index contributed by atoms with van der Waals surface area (Å²) in [6.45, 7) is 4.33. The molecule has 3 heterocycles. The van der Waals surface area contributed by atoms with Gasteiger partial charge in [-0.1, -0.05) is 30.3 Å². The summed E-state index contributed by atoms with van der Waals surface area (Å²) < 4.78 is 8.55. The van der Waals surface area contributed by atoms with Gasteiger partial charge in [0.25, 0.3) is 5.56 Å². The van der Waals surface area contributed by atoms with Gasteiger partial charge < -0.3 is 4.74 Å². The fraction of sp³-hybridized carbons (Fsp3) is 0.364.